The van der Waals surface area contributed by atoms with Crippen molar-refractivity contribution in [3.8, 4) is 11.6 Å². The number of aliphatic hydroxyl groups excluding tert-OH is 1. The molecule has 2 aromatic rings. The molecule has 0 spiro atoms. The summed E-state index contributed by atoms with van der Waals surface area (Å²) in [4.78, 5) is 16.5. The Bertz CT molecular complexity index is 738. The van der Waals surface area contributed by atoms with Crippen LogP contribution in [0.25, 0.3) is 0 Å². The minimum absolute atomic E-state index is 0.206. The molecule has 152 valence electrons. The summed E-state index contributed by atoms with van der Waals surface area (Å²) in [5.74, 6) is 1.46. The van der Waals surface area contributed by atoms with E-state index in [2.05, 4.69) is 29.5 Å². The minimum atomic E-state index is -0.501. The molecule has 1 atom stereocenters. The quantitative estimate of drug-likeness (QED) is 0.540. The van der Waals surface area contributed by atoms with Gasteiger partial charge in [0.05, 0.1) is 38.2 Å². The highest BCUT2D eigenvalue weighted by Crippen LogP contribution is 2.27. The largest absolute Gasteiger partial charge is 0.488 e. The maximum absolute atomic E-state index is 12.3. The van der Waals surface area contributed by atoms with Crippen molar-refractivity contribution in [2.45, 2.75) is 32.7 Å². The van der Waals surface area contributed by atoms with Crippen LogP contribution in [0, 0.1) is 5.92 Å². The number of benzene rings is 1. The lowest BCUT2D eigenvalue weighted by Crippen LogP contribution is -2.34. The van der Waals surface area contributed by atoms with Gasteiger partial charge in [-0.2, -0.15) is 0 Å². The van der Waals surface area contributed by atoms with Crippen LogP contribution < -0.4 is 20.1 Å². The first-order valence-corrected chi connectivity index (χ1v) is 9.43. The summed E-state index contributed by atoms with van der Waals surface area (Å²) in [7, 11) is 1.52. The van der Waals surface area contributed by atoms with Gasteiger partial charge in [0.25, 0.3) is 5.88 Å². The summed E-state index contributed by atoms with van der Waals surface area (Å²) in [5.41, 5.74) is 1.30. The molecular formula is C21H29N3O4. The molecule has 2 amide bonds. The number of ether oxygens (including phenoxy) is 2. The van der Waals surface area contributed by atoms with Gasteiger partial charge in [-0.3, -0.25) is 0 Å². The van der Waals surface area contributed by atoms with Crippen molar-refractivity contribution in [3.05, 3.63) is 48.2 Å². The van der Waals surface area contributed by atoms with Crippen LogP contribution in [-0.4, -0.2) is 36.4 Å². The van der Waals surface area contributed by atoms with E-state index in [1.165, 1.54) is 13.3 Å². The van der Waals surface area contributed by atoms with E-state index in [1.54, 1.807) is 6.07 Å². The molecular weight excluding hydrogens is 358 g/mol. The number of carbonyl (C=O) groups is 1. The predicted octanol–water partition coefficient (Wildman–Crippen LogP) is 3.76. The number of urea groups is 1. The predicted molar refractivity (Wildman–Crippen MR) is 109 cm³/mol. The van der Waals surface area contributed by atoms with E-state index in [9.17, 15) is 9.90 Å². The first-order valence-electron chi connectivity index (χ1n) is 9.43. The maximum atomic E-state index is 12.3. The second-order valence-corrected chi connectivity index (χ2v) is 6.86. The number of amides is 2. The average Bonchev–Trinajstić information content (AvgIpc) is 2.70. The van der Waals surface area contributed by atoms with Crippen molar-refractivity contribution in [1.82, 2.24) is 10.3 Å². The molecule has 1 aromatic carbocycles. The van der Waals surface area contributed by atoms with Gasteiger partial charge >= 0.3 is 6.03 Å². The molecule has 7 heteroatoms. The van der Waals surface area contributed by atoms with Crippen molar-refractivity contribution < 1.29 is 19.4 Å². The molecule has 0 saturated heterocycles. The van der Waals surface area contributed by atoms with Crippen LogP contribution in [-0.2, 0) is 0 Å². The highest BCUT2D eigenvalue weighted by atomic mass is 16.5. The number of nitrogens with one attached hydrogen (secondary N) is 2. The van der Waals surface area contributed by atoms with E-state index in [1.807, 2.05) is 30.3 Å². The summed E-state index contributed by atoms with van der Waals surface area (Å²) < 4.78 is 11.0. The summed E-state index contributed by atoms with van der Waals surface area (Å²) in [6.45, 7) is 4.68. The molecule has 28 heavy (non-hydrogen) atoms. The number of nitrogens with zero attached hydrogens (tertiary/aromatic N) is 1. The number of hydrogen-bond donors (Lipinski definition) is 3. The van der Waals surface area contributed by atoms with E-state index in [0.717, 1.165) is 18.4 Å². The van der Waals surface area contributed by atoms with E-state index >= 15 is 0 Å². The number of carbonyl (C=O) groups excluding carboxylic acids is 1. The van der Waals surface area contributed by atoms with Crippen LogP contribution in [0.3, 0.4) is 0 Å². The van der Waals surface area contributed by atoms with Crippen molar-refractivity contribution in [2.75, 3.05) is 25.6 Å². The van der Waals surface area contributed by atoms with Crippen molar-refractivity contribution in [2.24, 2.45) is 5.92 Å². The zero-order valence-corrected chi connectivity index (χ0v) is 16.6. The average molecular weight is 387 g/mol. The minimum Gasteiger partial charge on any atom is -0.488 e. The Labute approximate surface area is 166 Å². The first-order chi connectivity index (χ1) is 13.5. The zero-order valence-electron chi connectivity index (χ0n) is 16.6. The van der Waals surface area contributed by atoms with Crippen LogP contribution in [0.2, 0.25) is 0 Å². The molecule has 0 bridgehead atoms. The van der Waals surface area contributed by atoms with Gasteiger partial charge in [0.2, 0.25) is 0 Å². The standard InChI is InChI=1S/C21H29N3O4/c1-15(2)8-7-11-28-19-12-17(13-22-20(19)27-3)23-21(26)24-18(14-25)16-9-5-4-6-10-16/h4-6,9-10,12-13,15,18,25H,7-8,11,14H2,1-3H3,(H2,23,24,26)/t18-/m0/s1. The number of anilines is 1. The van der Waals surface area contributed by atoms with Crippen LogP contribution in [0.4, 0.5) is 10.5 Å². The molecule has 0 unspecified atom stereocenters. The molecule has 0 aliphatic heterocycles. The third-order valence-corrected chi connectivity index (χ3v) is 4.14. The molecule has 7 nitrogen and oxygen atoms in total. The topological polar surface area (TPSA) is 92.7 Å². The van der Waals surface area contributed by atoms with Gasteiger partial charge in [-0.1, -0.05) is 44.2 Å². The molecule has 1 aromatic heterocycles. The monoisotopic (exact) mass is 387 g/mol. The number of pyridine rings is 1. The van der Waals surface area contributed by atoms with E-state index in [-0.39, 0.29) is 6.61 Å². The third-order valence-electron chi connectivity index (χ3n) is 4.14. The van der Waals surface area contributed by atoms with E-state index in [0.29, 0.717) is 29.8 Å². The lowest BCUT2D eigenvalue weighted by atomic mass is 10.1. The Morgan fingerprint density at radius 1 is 1.25 bits per heavy atom. The number of aromatic nitrogens is 1. The highest BCUT2D eigenvalue weighted by Gasteiger charge is 2.15. The number of methoxy groups -OCH3 is 1. The Morgan fingerprint density at radius 3 is 2.64 bits per heavy atom. The lowest BCUT2D eigenvalue weighted by Gasteiger charge is -2.17. The van der Waals surface area contributed by atoms with Gasteiger partial charge in [-0.05, 0) is 24.3 Å². The number of aliphatic hydroxyl groups is 1. The van der Waals surface area contributed by atoms with Crippen LogP contribution in [0.5, 0.6) is 11.6 Å². The van der Waals surface area contributed by atoms with Gasteiger partial charge in [0.15, 0.2) is 5.75 Å². The third kappa shape index (κ3) is 6.74. The highest BCUT2D eigenvalue weighted by molar-refractivity contribution is 5.89. The normalized spacial score (nSPS) is 11.8. The molecule has 3 N–H and O–H groups in total. The summed E-state index contributed by atoms with van der Waals surface area (Å²) in [6.07, 6.45) is 3.49. The van der Waals surface area contributed by atoms with E-state index in [4.69, 9.17) is 9.47 Å². The van der Waals surface area contributed by atoms with Gasteiger partial charge in [0, 0.05) is 6.07 Å². The molecule has 0 aliphatic carbocycles. The second kappa shape index (κ2) is 11.1. The van der Waals surface area contributed by atoms with Gasteiger partial charge in [-0.25, -0.2) is 9.78 Å². The Morgan fingerprint density at radius 2 is 2.00 bits per heavy atom. The fraction of sp³-hybridized carbons (Fsp3) is 0.429. The molecule has 0 fully saturated rings. The molecule has 0 radical (unpaired) electrons. The second-order valence-electron chi connectivity index (χ2n) is 6.86. The van der Waals surface area contributed by atoms with Crippen molar-refractivity contribution >= 4 is 11.7 Å². The maximum Gasteiger partial charge on any atom is 0.319 e. The molecule has 0 saturated carbocycles. The molecule has 0 aliphatic rings. The fourth-order valence-electron chi connectivity index (χ4n) is 2.68. The summed E-state index contributed by atoms with van der Waals surface area (Å²) in [5, 5.41) is 15.0. The van der Waals surface area contributed by atoms with Crippen LogP contribution in [0.1, 0.15) is 38.3 Å². The fourth-order valence-corrected chi connectivity index (χ4v) is 2.68. The lowest BCUT2D eigenvalue weighted by molar-refractivity contribution is 0.225. The zero-order chi connectivity index (χ0) is 20.4. The van der Waals surface area contributed by atoms with Crippen LogP contribution in [0.15, 0.2) is 42.6 Å². The Hall–Kier alpha value is -2.80. The SMILES string of the molecule is COc1ncc(NC(=O)N[C@@H](CO)c2ccccc2)cc1OCCCC(C)C. The summed E-state index contributed by atoms with van der Waals surface area (Å²) >= 11 is 0. The van der Waals surface area contributed by atoms with Crippen LogP contribution >= 0.6 is 0 Å². The van der Waals surface area contributed by atoms with Crippen molar-refractivity contribution in [1.29, 1.82) is 0 Å². The van der Waals surface area contributed by atoms with Gasteiger partial charge in [0.1, 0.15) is 0 Å². The smallest absolute Gasteiger partial charge is 0.319 e. The number of hydrogen-bond acceptors (Lipinski definition) is 5. The Balaban J connectivity index is 1.98. The van der Waals surface area contributed by atoms with E-state index < -0.39 is 12.1 Å². The van der Waals surface area contributed by atoms with Gasteiger partial charge in [-0.15, -0.1) is 0 Å². The first kappa shape index (κ1) is 21.5. The number of rotatable bonds is 10. The summed E-state index contributed by atoms with van der Waals surface area (Å²) in [6, 6.07) is 10.0. The molecule has 2 rings (SSSR count). The molecule has 1 heterocycles. The van der Waals surface area contributed by atoms with Gasteiger partial charge < -0.3 is 25.2 Å². The van der Waals surface area contributed by atoms with Crippen molar-refractivity contribution in [3.63, 3.8) is 0 Å². The Kier molecular flexibility index (Phi) is 8.55.